The molecule has 0 spiro atoms. The number of halogens is 2. The van der Waals surface area contributed by atoms with Crippen LogP contribution in [0, 0.1) is 5.82 Å². The van der Waals surface area contributed by atoms with Crippen LogP contribution in [0.1, 0.15) is 31.9 Å². The molecule has 2 amide bonds. The van der Waals surface area contributed by atoms with Crippen LogP contribution in [-0.4, -0.2) is 49.5 Å². The van der Waals surface area contributed by atoms with Crippen LogP contribution in [0.25, 0.3) is 0 Å². The van der Waals surface area contributed by atoms with Crippen LogP contribution in [0.2, 0.25) is 5.02 Å². The first-order valence-electron chi connectivity index (χ1n) is 12.4. The fourth-order valence-electron chi connectivity index (χ4n) is 4.04. The maximum absolute atomic E-state index is 14.0. The first kappa shape index (κ1) is 30.1. The first-order chi connectivity index (χ1) is 18.2. The van der Waals surface area contributed by atoms with Crippen LogP contribution in [0.5, 0.6) is 0 Å². The molecular formula is C29H33ClFN3O4S. The third-order valence-corrected chi connectivity index (χ3v) is 7.19. The maximum Gasteiger partial charge on any atom is 0.244 e. The van der Waals surface area contributed by atoms with Crippen molar-refractivity contribution in [3.8, 4) is 0 Å². The third-order valence-electron chi connectivity index (χ3n) is 5.81. The Labute approximate surface area is 234 Å². The molecular weight excluding hydrogens is 541 g/mol. The van der Waals surface area contributed by atoms with Gasteiger partial charge in [-0.25, -0.2) is 12.8 Å². The first-order valence-corrected chi connectivity index (χ1v) is 14.6. The topological polar surface area (TPSA) is 86.8 Å². The summed E-state index contributed by atoms with van der Waals surface area (Å²) in [5.74, 6) is -1.43. The second-order valence-corrected chi connectivity index (χ2v) is 12.7. The summed E-state index contributed by atoms with van der Waals surface area (Å²) in [6.45, 7) is 4.90. The molecule has 1 atom stereocenters. The van der Waals surface area contributed by atoms with Crippen LogP contribution in [0.4, 0.5) is 10.1 Å². The highest BCUT2D eigenvalue weighted by atomic mass is 35.5. The van der Waals surface area contributed by atoms with Gasteiger partial charge in [0.15, 0.2) is 0 Å². The molecule has 3 rings (SSSR count). The second-order valence-electron chi connectivity index (χ2n) is 10.3. The molecule has 0 saturated carbocycles. The molecule has 39 heavy (non-hydrogen) atoms. The van der Waals surface area contributed by atoms with Gasteiger partial charge in [-0.2, -0.15) is 0 Å². The SMILES string of the molecule is CC(C)(C)NC(=O)[C@@H](Cc1ccccc1)N(Cc1ccc(F)cc1)C(=O)CN(c1cccc(Cl)c1)S(C)(=O)=O. The number of hydrogen-bond donors (Lipinski definition) is 1. The Balaban J connectivity index is 2.07. The number of nitrogens with one attached hydrogen (secondary N) is 1. The zero-order valence-electron chi connectivity index (χ0n) is 22.4. The van der Waals surface area contributed by atoms with E-state index in [1.807, 2.05) is 51.1 Å². The minimum absolute atomic E-state index is 0.0404. The van der Waals surface area contributed by atoms with E-state index in [2.05, 4.69) is 5.32 Å². The number of hydrogen-bond acceptors (Lipinski definition) is 4. The molecule has 1 N–H and O–H groups in total. The molecule has 0 radical (unpaired) electrons. The van der Waals surface area contributed by atoms with Crippen LogP contribution < -0.4 is 9.62 Å². The standard InChI is InChI=1S/C29H33ClFN3O4S/c1-29(2,3)32-28(36)26(17-21-9-6-5-7-10-21)33(19-22-13-15-24(31)16-14-22)27(35)20-34(39(4,37)38)25-12-8-11-23(30)18-25/h5-16,18,26H,17,19-20H2,1-4H3,(H,32,36)/t26-/m1/s1. The Morgan fingerprint density at radius 2 is 1.59 bits per heavy atom. The lowest BCUT2D eigenvalue weighted by molar-refractivity contribution is -0.140. The van der Waals surface area contributed by atoms with E-state index in [0.717, 1.165) is 16.1 Å². The molecule has 0 aliphatic heterocycles. The highest BCUT2D eigenvalue weighted by Crippen LogP contribution is 2.23. The Morgan fingerprint density at radius 1 is 0.949 bits per heavy atom. The second kappa shape index (κ2) is 12.6. The maximum atomic E-state index is 14.0. The third kappa shape index (κ3) is 9.07. The molecule has 3 aromatic carbocycles. The lowest BCUT2D eigenvalue weighted by Gasteiger charge is -2.35. The normalized spacial score (nSPS) is 12.5. The molecule has 0 fully saturated rings. The minimum Gasteiger partial charge on any atom is -0.350 e. The van der Waals surface area contributed by atoms with Crippen molar-refractivity contribution in [1.82, 2.24) is 10.2 Å². The van der Waals surface area contributed by atoms with E-state index in [1.54, 1.807) is 12.1 Å². The Hall–Kier alpha value is -3.43. The summed E-state index contributed by atoms with van der Waals surface area (Å²) in [6.07, 6.45) is 1.19. The summed E-state index contributed by atoms with van der Waals surface area (Å²) in [6, 6.07) is 20.0. The van der Waals surface area contributed by atoms with Crippen molar-refractivity contribution in [2.45, 2.75) is 45.3 Å². The monoisotopic (exact) mass is 573 g/mol. The summed E-state index contributed by atoms with van der Waals surface area (Å²) in [4.78, 5) is 29.0. The summed E-state index contributed by atoms with van der Waals surface area (Å²) in [5.41, 5.74) is 1.04. The van der Waals surface area contributed by atoms with Crippen LogP contribution >= 0.6 is 11.6 Å². The summed E-state index contributed by atoms with van der Waals surface area (Å²) < 4.78 is 40.1. The number of rotatable bonds is 10. The van der Waals surface area contributed by atoms with Gasteiger partial charge in [0.05, 0.1) is 11.9 Å². The van der Waals surface area contributed by atoms with Crippen LogP contribution in [0.15, 0.2) is 78.9 Å². The van der Waals surface area contributed by atoms with E-state index >= 15 is 0 Å². The van der Waals surface area contributed by atoms with Gasteiger partial charge >= 0.3 is 0 Å². The van der Waals surface area contributed by atoms with Crippen molar-refractivity contribution in [2.75, 3.05) is 17.1 Å². The highest BCUT2D eigenvalue weighted by Gasteiger charge is 2.34. The molecule has 0 aliphatic rings. The van der Waals surface area contributed by atoms with Crippen molar-refractivity contribution in [1.29, 1.82) is 0 Å². The Bertz CT molecular complexity index is 1390. The molecule has 10 heteroatoms. The van der Waals surface area contributed by atoms with Crippen molar-refractivity contribution >= 4 is 39.1 Å². The van der Waals surface area contributed by atoms with Gasteiger partial charge in [0.25, 0.3) is 0 Å². The quantitative estimate of drug-likeness (QED) is 0.377. The zero-order valence-corrected chi connectivity index (χ0v) is 24.0. The Morgan fingerprint density at radius 3 is 2.15 bits per heavy atom. The van der Waals surface area contributed by atoms with Crippen molar-refractivity contribution in [3.05, 3.63) is 101 Å². The lowest BCUT2D eigenvalue weighted by atomic mass is 10.0. The van der Waals surface area contributed by atoms with Gasteiger partial charge in [0.1, 0.15) is 18.4 Å². The van der Waals surface area contributed by atoms with E-state index in [9.17, 15) is 22.4 Å². The zero-order chi connectivity index (χ0) is 28.8. The van der Waals surface area contributed by atoms with Gasteiger partial charge in [0, 0.05) is 23.5 Å². The lowest BCUT2D eigenvalue weighted by Crippen LogP contribution is -2.56. The van der Waals surface area contributed by atoms with E-state index in [1.165, 1.54) is 41.3 Å². The Kier molecular flexibility index (Phi) is 9.74. The van der Waals surface area contributed by atoms with Gasteiger partial charge in [-0.1, -0.05) is 60.1 Å². The molecule has 0 heterocycles. The van der Waals surface area contributed by atoms with Gasteiger partial charge in [-0.15, -0.1) is 0 Å². The number of carbonyl (C=O) groups is 2. The van der Waals surface area contributed by atoms with Gasteiger partial charge in [-0.3, -0.25) is 13.9 Å². The predicted octanol–water partition coefficient (Wildman–Crippen LogP) is 4.80. The van der Waals surface area contributed by atoms with Gasteiger partial charge in [0.2, 0.25) is 21.8 Å². The smallest absolute Gasteiger partial charge is 0.244 e. The van der Waals surface area contributed by atoms with Crippen molar-refractivity contribution < 1.29 is 22.4 Å². The number of benzene rings is 3. The largest absolute Gasteiger partial charge is 0.350 e. The summed E-state index contributed by atoms with van der Waals surface area (Å²) in [5, 5.41) is 3.26. The van der Waals surface area contributed by atoms with Gasteiger partial charge < -0.3 is 10.2 Å². The van der Waals surface area contributed by atoms with E-state index in [-0.39, 0.29) is 18.7 Å². The molecule has 0 saturated heterocycles. The average molecular weight is 574 g/mol. The molecule has 0 aromatic heterocycles. The summed E-state index contributed by atoms with van der Waals surface area (Å²) in [7, 11) is -3.90. The number of anilines is 1. The van der Waals surface area contributed by atoms with Crippen molar-refractivity contribution in [2.24, 2.45) is 0 Å². The van der Waals surface area contributed by atoms with Crippen LogP contribution in [-0.2, 0) is 32.6 Å². The number of sulfonamides is 1. The fourth-order valence-corrected chi connectivity index (χ4v) is 5.06. The number of amides is 2. The minimum atomic E-state index is -3.90. The highest BCUT2D eigenvalue weighted by molar-refractivity contribution is 7.92. The van der Waals surface area contributed by atoms with E-state index < -0.39 is 45.8 Å². The van der Waals surface area contributed by atoms with Crippen LogP contribution in [0.3, 0.4) is 0 Å². The number of nitrogens with zero attached hydrogens (tertiary/aromatic N) is 2. The average Bonchev–Trinajstić information content (AvgIpc) is 2.84. The molecule has 208 valence electrons. The molecule has 7 nitrogen and oxygen atoms in total. The molecule has 0 bridgehead atoms. The molecule has 0 aliphatic carbocycles. The van der Waals surface area contributed by atoms with Crippen molar-refractivity contribution in [3.63, 3.8) is 0 Å². The molecule has 0 unspecified atom stereocenters. The summed E-state index contributed by atoms with van der Waals surface area (Å²) >= 11 is 6.10. The molecule has 3 aromatic rings. The van der Waals surface area contributed by atoms with E-state index in [4.69, 9.17) is 11.6 Å². The van der Waals surface area contributed by atoms with Gasteiger partial charge in [-0.05, 0) is 62.2 Å². The predicted molar refractivity (Wildman–Crippen MR) is 152 cm³/mol. The van der Waals surface area contributed by atoms with E-state index in [0.29, 0.717) is 10.6 Å². The number of carbonyl (C=O) groups excluding carboxylic acids is 2. The fraction of sp³-hybridized carbons (Fsp3) is 0.310.